The topological polar surface area (TPSA) is 89.8 Å². The minimum absolute atomic E-state index is 0.153. The van der Waals surface area contributed by atoms with Crippen LogP contribution in [-0.4, -0.2) is 28.1 Å². The molecule has 2 aromatic carbocycles. The van der Waals surface area contributed by atoms with Crippen LogP contribution >= 0.6 is 35.0 Å². The molecule has 1 saturated heterocycles. The van der Waals surface area contributed by atoms with Crippen molar-refractivity contribution in [2.24, 2.45) is 0 Å². The van der Waals surface area contributed by atoms with E-state index < -0.39 is 16.1 Å². The van der Waals surface area contributed by atoms with Crippen LogP contribution in [0.25, 0.3) is 6.08 Å². The Bertz CT molecular complexity index is 1000. The van der Waals surface area contributed by atoms with Gasteiger partial charge in [-0.1, -0.05) is 41.4 Å². The summed E-state index contributed by atoms with van der Waals surface area (Å²) in [5.41, 5.74) is 0.637. The Morgan fingerprint density at radius 2 is 1.86 bits per heavy atom. The van der Waals surface area contributed by atoms with Gasteiger partial charge in [-0.3, -0.25) is 24.6 Å². The quantitative estimate of drug-likeness (QED) is 0.364. The van der Waals surface area contributed by atoms with Crippen molar-refractivity contribution in [2.45, 2.75) is 6.54 Å². The summed E-state index contributed by atoms with van der Waals surface area (Å²) in [6, 6.07) is 9.08. The number of ether oxygens (including phenoxy) is 1. The average molecular weight is 439 g/mol. The minimum atomic E-state index is -0.550. The Kier molecular flexibility index (Phi) is 5.93. The van der Waals surface area contributed by atoms with E-state index in [-0.39, 0.29) is 32.7 Å². The van der Waals surface area contributed by atoms with Crippen LogP contribution in [0.1, 0.15) is 11.1 Å². The highest BCUT2D eigenvalue weighted by Gasteiger charge is 2.36. The van der Waals surface area contributed by atoms with Crippen molar-refractivity contribution in [3.63, 3.8) is 0 Å². The third-order valence-corrected chi connectivity index (χ3v) is 5.38. The number of hydrogen-bond acceptors (Lipinski definition) is 6. The summed E-state index contributed by atoms with van der Waals surface area (Å²) in [6.45, 7) is -0.191. The van der Waals surface area contributed by atoms with E-state index in [2.05, 4.69) is 0 Å². The van der Waals surface area contributed by atoms with Gasteiger partial charge in [0.05, 0.1) is 33.5 Å². The number of nitrogens with zero attached hydrogens (tertiary/aromatic N) is 2. The molecule has 1 heterocycles. The van der Waals surface area contributed by atoms with Crippen molar-refractivity contribution in [2.75, 3.05) is 7.11 Å². The summed E-state index contributed by atoms with van der Waals surface area (Å²) in [6.07, 6.45) is 1.49. The van der Waals surface area contributed by atoms with Gasteiger partial charge in [0.1, 0.15) is 0 Å². The van der Waals surface area contributed by atoms with Crippen LogP contribution in [0, 0.1) is 10.1 Å². The van der Waals surface area contributed by atoms with Crippen LogP contribution in [0.3, 0.4) is 0 Å². The fraction of sp³-hybridized carbons (Fsp3) is 0.111. The molecule has 0 spiro atoms. The summed E-state index contributed by atoms with van der Waals surface area (Å²) in [5.74, 6) is -0.235. The summed E-state index contributed by atoms with van der Waals surface area (Å²) in [5, 5.41) is 11.2. The second-order valence-electron chi connectivity index (χ2n) is 5.67. The largest absolute Gasteiger partial charge is 0.494 e. The molecule has 3 rings (SSSR count). The molecule has 0 bridgehead atoms. The zero-order valence-corrected chi connectivity index (χ0v) is 16.7. The molecule has 10 heteroatoms. The molecule has 144 valence electrons. The van der Waals surface area contributed by atoms with Gasteiger partial charge >= 0.3 is 0 Å². The number of halogens is 2. The van der Waals surface area contributed by atoms with Gasteiger partial charge in [0.25, 0.3) is 16.8 Å². The van der Waals surface area contributed by atoms with Crippen LogP contribution in [0.15, 0.2) is 41.3 Å². The normalized spacial score (nSPS) is 15.4. The van der Waals surface area contributed by atoms with Gasteiger partial charge in [-0.25, -0.2) is 0 Å². The van der Waals surface area contributed by atoms with E-state index in [0.717, 1.165) is 16.7 Å². The summed E-state index contributed by atoms with van der Waals surface area (Å²) in [7, 11) is 1.43. The second-order valence-corrected chi connectivity index (χ2v) is 7.48. The number of methoxy groups -OCH3 is 1. The lowest BCUT2D eigenvalue weighted by Crippen LogP contribution is -2.27. The molecule has 2 aromatic rings. The van der Waals surface area contributed by atoms with E-state index in [1.165, 1.54) is 31.4 Å². The maximum atomic E-state index is 12.7. The molecule has 0 radical (unpaired) electrons. The average Bonchev–Trinajstić information content (AvgIpc) is 2.89. The number of imide groups is 1. The number of thioether (sulfide) groups is 1. The molecule has 7 nitrogen and oxygen atoms in total. The van der Waals surface area contributed by atoms with E-state index in [9.17, 15) is 19.7 Å². The first-order chi connectivity index (χ1) is 13.3. The van der Waals surface area contributed by atoms with Crippen LogP contribution < -0.4 is 4.74 Å². The van der Waals surface area contributed by atoms with Crippen molar-refractivity contribution in [3.05, 3.63) is 72.6 Å². The molecule has 0 saturated carbocycles. The molecule has 1 aliphatic rings. The zero-order chi connectivity index (χ0) is 20.4. The molecule has 0 atom stereocenters. The fourth-order valence-electron chi connectivity index (χ4n) is 2.64. The van der Waals surface area contributed by atoms with Crippen molar-refractivity contribution < 1.29 is 19.2 Å². The molecule has 28 heavy (non-hydrogen) atoms. The number of nitro groups is 1. The Labute approximate surface area is 174 Å². The zero-order valence-electron chi connectivity index (χ0n) is 14.3. The maximum Gasteiger partial charge on any atom is 0.293 e. The minimum Gasteiger partial charge on any atom is -0.494 e. The summed E-state index contributed by atoms with van der Waals surface area (Å²) >= 11 is 12.9. The summed E-state index contributed by atoms with van der Waals surface area (Å²) in [4.78, 5) is 36.7. The maximum absolute atomic E-state index is 12.7. The molecule has 0 unspecified atom stereocenters. The van der Waals surface area contributed by atoms with Gasteiger partial charge in [0.2, 0.25) is 0 Å². The molecule has 0 N–H and O–H groups in total. The number of carbonyl (C=O) groups is 2. The first kappa shape index (κ1) is 20.2. The molecule has 1 fully saturated rings. The Morgan fingerprint density at radius 1 is 1.21 bits per heavy atom. The van der Waals surface area contributed by atoms with Gasteiger partial charge in [-0.2, -0.15) is 0 Å². The van der Waals surface area contributed by atoms with E-state index in [1.54, 1.807) is 18.2 Å². The monoisotopic (exact) mass is 438 g/mol. The predicted octanol–water partition coefficient (Wildman–Crippen LogP) is 5.15. The molecule has 1 aliphatic heterocycles. The van der Waals surface area contributed by atoms with Crippen molar-refractivity contribution in [1.82, 2.24) is 4.90 Å². The Balaban J connectivity index is 1.88. The first-order valence-corrected chi connectivity index (χ1v) is 9.39. The van der Waals surface area contributed by atoms with Gasteiger partial charge in [0, 0.05) is 11.6 Å². The SMILES string of the molecule is COc1c(Cl)cc(/C=C2\SC(=O)N(Cc3ccccc3[N+](=O)[O-])C2=O)cc1Cl. The third kappa shape index (κ3) is 3.99. The van der Waals surface area contributed by atoms with E-state index >= 15 is 0 Å². The smallest absolute Gasteiger partial charge is 0.293 e. The number of para-hydroxylation sites is 1. The second kappa shape index (κ2) is 8.22. The van der Waals surface area contributed by atoms with Gasteiger partial charge in [-0.05, 0) is 35.5 Å². The first-order valence-electron chi connectivity index (χ1n) is 7.82. The van der Waals surface area contributed by atoms with Gasteiger partial charge < -0.3 is 4.74 Å². The van der Waals surface area contributed by atoms with Crippen molar-refractivity contribution in [3.8, 4) is 5.75 Å². The number of hydrogen-bond donors (Lipinski definition) is 0. The lowest BCUT2D eigenvalue weighted by atomic mass is 10.1. The van der Waals surface area contributed by atoms with Gasteiger partial charge in [-0.15, -0.1) is 0 Å². The number of carbonyl (C=O) groups excluding carboxylic acids is 2. The molecule has 0 aromatic heterocycles. The predicted molar refractivity (Wildman–Crippen MR) is 108 cm³/mol. The van der Waals surface area contributed by atoms with Crippen molar-refractivity contribution in [1.29, 1.82) is 0 Å². The number of amides is 2. The summed E-state index contributed by atoms with van der Waals surface area (Å²) < 4.78 is 5.08. The third-order valence-electron chi connectivity index (χ3n) is 3.91. The van der Waals surface area contributed by atoms with Crippen LogP contribution in [0.4, 0.5) is 10.5 Å². The van der Waals surface area contributed by atoms with Crippen LogP contribution in [-0.2, 0) is 11.3 Å². The number of rotatable bonds is 5. The lowest BCUT2D eigenvalue weighted by Gasteiger charge is -2.12. The molecule has 2 amide bonds. The van der Waals surface area contributed by atoms with Gasteiger partial charge in [0.15, 0.2) is 5.75 Å². The number of benzene rings is 2. The van der Waals surface area contributed by atoms with E-state index in [4.69, 9.17) is 27.9 Å². The highest BCUT2D eigenvalue weighted by atomic mass is 35.5. The molecule has 0 aliphatic carbocycles. The van der Waals surface area contributed by atoms with E-state index in [0.29, 0.717) is 11.3 Å². The van der Waals surface area contributed by atoms with Crippen LogP contribution in [0.5, 0.6) is 5.75 Å². The van der Waals surface area contributed by atoms with Crippen molar-refractivity contribution >= 4 is 57.9 Å². The van der Waals surface area contributed by atoms with E-state index in [1.807, 2.05) is 0 Å². The van der Waals surface area contributed by atoms with Crippen LogP contribution in [0.2, 0.25) is 10.0 Å². The highest BCUT2D eigenvalue weighted by Crippen LogP contribution is 2.38. The highest BCUT2D eigenvalue weighted by molar-refractivity contribution is 8.18. The number of nitro benzene ring substituents is 1. The Morgan fingerprint density at radius 3 is 2.46 bits per heavy atom. The standard InChI is InChI=1S/C18H12Cl2N2O5S/c1-27-16-12(19)6-10(7-13(16)20)8-15-17(23)21(18(24)28-15)9-11-4-2-3-5-14(11)22(25)26/h2-8H,9H2,1H3/b15-8-. The fourth-order valence-corrected chi connectivity index (χ4v) is 4.14. The Hall–Kier alpha value is -2.55. The lowest BCUT2D eigenvalue weighted by molar-refractivity contribution is -0.385. The molecular formula is C18H12Cl2N2O5S. The molecular weight excluding hydrogens is 427 g/mol.